The Morgan fingerprint density at radius 1 is 1.00 bits per heavy atom. The zero-order chi connectivity index (χ0) is 21.4. The highest BCUT2D eigenvalue weighted by Gasteiger charge is 2.09. The van der Waals surface area contributed by atoms with Crippen LogP contribution in [-0.4, -0.2) is 20.9 Å². The van der Waals surface area contributed by atoms with Crippen LogP contribution in [0.15, 0.2) is 81.0 Å². The average Bonchev–Trinajstić information content (AvgIpc) is 3.21. The van der Waals surface area contributed by atoms with Gasteiger partial charge in [0.2, 0.25) is 15.9 Å². The van der Waals surface area contributed by atoms with Crippen molar-refractivity contribution >= 4 is 37.9 Å². The van der Waals surface area contributed by atoms with Crippen LogP contribution < -0.4 is 10.0 Å². The Kier molecular flexibility index (Phi) is 7.62. The van der Waals surface area contributed by atoms with Gasteiger partial charge in [-0.1, -0.05) is 58.4 Å². The highest BCUT2D eigenvalue weighted by atomic mass is 79.9. The van der Waals surface area contributed by atoms with Crippen LogP contribution in [-0.2, 0) is 21.4 Å². The van der Waals surface area contributed by atoms with E-state index in [1.54, 1.807) is 18.2 Å². The van der Waals surface area contributed by atoms with E-state index in [0.29, 0.717) is 11.5 Å². The van der Waals surface area contributed by atoms with Crippen molar-refractivity contribution in [1.82, 2.24) is 10.0 Å². The molecule has 6 nitrogen and oxygen atoms in total. The highest BCUT2D eigenvalue weighted by Crippen LogP contribution is 2.23. The monoisotopic (exact) mass is 488 g/mol. The van der Waals surface area contributed by atoms with Crippen molar-refractivity contribution in [3.05, 3.63) is 87.9 Å². The summed E-state index contributed by atoms with van der Waals surface area (Å²) in [6, 6.07) is 20.5. The summed E-state index contributed by atoms with van der Waals surface area (Å²) in [5, 5.41) is 3.81. The summed E-state index contributed by atoms with van der Waals surface area (Å²) in [5.41, 5.74) is 1.72. The van der Waals surface area contributed by atoms with Crippen molar-refractivity contribution in [3.63, 3.8) is 0 Å². The quantitative estimate of drug-likeness (QED) is 0.469. The van der Waals surface area contributed by atoms with Gasteiger partial charge in [-0.05, 0) is 35.9 Å². The normalized spacial score (nSPS) is 11.6. The number of hydrogen-bond donors (Lipinski definition) is 2. The van der Waals surface area contributed by atoms with E-state index in [9.17, 15) is 13.2 Å². The Morgan fingerprint density at radius 2 is 1.73 bits per heavy atom. The Labute approximate surface area is 184 Å². The van der Waals surface area contributed by atoms with Gasteiger partial charge in [0.25, 0.3) is 0 Å². The minimum Gasteiger partial charge on any atom is -0.459 e. The lowest BCUT2D eigenvalue weighted by Gasteiger charge is -2.05. The number of hydrogen-bond acceptors (Lipinski definition) is 4. The Hall–Kier alpha value is -2.68. The summed E-state index contributed by atoms with van der Waals surface area (Å²) in [5.74, 6) is 1.06. The lowest BCUT2D eigenvalue weighted by atomic mass is 10.2. The molecule has 0 bridgehead atoms. The van der Waals surface area contributed by atoms with Gasteiger partial charge >= 0.3 is 0 Å². The number of nitrogens with one attached hydrogen (secondary N) is 2. The number of halogens is 1. The summed E-state index contributed by atoms with van der Waals surface area (Å²) in [6.45, 7) is 0.242. The van der Waals surface area contributed by atoms with Crippen LogP contribution in [0.1, 0.15) is 17.7 Å². The van der Waals surface area contributed by atoms with Crippen LogP contribution >= 0.6 is 15.9 Å². The fourth-order valence-electron chi connectivity index (χ4n) is 2.60. The predicted octanol–water partition coefficient (Wildman–Crippen LogP) is 4.31. The van der Waals surface area contributed by atoms with E-state index in [2.05, 4.69) is 26.0 Å². The molecule has 0 fully saturated rings. The molecule has 2 N–H and O–H groups in total. The van der Waals surface area contributed by atoms with Crippen LogP contribution in [0.4, 0.5) is 0 Å². The molecule has 0 aliphatic rings. The van der Waals surface area contributed by atoms with Gasteiger partial charge in [0.1, 0.15) is 11.5 Å². The maximum absolute atomic E-state index is 12.0. The molecule has 0 aliphatic carbocycles. The molecule has 0 radical (unpaired) electrons. The molecule has 0 spiro atoms. The summed E-state index contributed by atoms with van der Waals surface area (Å²) >= 11 is 3.39. The molecule has 30 heavy (non-hydrogen) atoms. The predicted molar refractivity (Wildman–Crippen MR) is 121 cm³/mol. The van der Waals surface area contributed by atoms with Gasteiger partial charge in [0.05, 0.1) is 6.54 Å². The zero-order valence-electron chi connectivity index (χ0n) is 16.0. The molecule has 0 atom stereocenters. The molecular formula is C22H21BrN2O4S. The van der Waals surface area contributed by atoms with Crippen molar-refractivity contribution in [2.24, 2.45) is 0 Å². The van der Waals surface area contributed by atoms with Crippen LogP contribution in [0.5, 0.6) is 0 Å². The van der Waals surface area contributed by atoms with E-state index in [-0.39, 0.29) is 25.4 Å². The second-order valence-corrected chi connectivity index (χ2v) is 9.02. The number of carbonyl (C=O) groups is 1. The van der Waals surface area contributed by atoms with Crippen molar-refractivity contribution in [3.8, 4) is 11.3 Å². The smallest absolute Gasteiger partial charge is 0.233 e. The van der Waals surface area contributed by atoms with E-state index in [1.807, 2.05) is 48.5 Å². The molecule has 3 aromatic rings. The molecule has 1 aromatic heterocycles. The minimum absolute atomic E-state index is 0.00952. The van der Waals surface area contributed by atoms with Crippen molar-refractivity contribution in [2.45, 2.75) is 13.0 Å². The van der Waals surface area contributed by atoms with Crippen molar-refractivity contribution < 1.29 is 17.6 Å². The van der Waals surface area contributed by atoms with Gasteiger partial charge in [-0.15, -0.1) is 0 Å². The van der Waals surface area contributed by atoms with Crippen LogP contribution in [0.3, 0.4) is 0 Å². The maximum Gasteiger partial charge on any atom is 0.233 e. The molecule has 8 heteroatoms. The molecule has 1 heterocycles. The number of benzene rings is 2. The summed E-state index contributed by atoms with van der Waals surface area (Å²) in [6.07, 6.45) is 1.53. The summed E-state index contributed by atoms with van der Waals surface area (Å²) in [4.78, 5) is 12.0. The highest BCUT2D eigenvalue weighted by molar-refractivity contribution is 9.10. The molecule has 156 valence electrons. The SMILES string of the molecule is O=C(CCNS(=O)(=O)C=Cc1ccccc1)NCc1ccc(-c2ccc(Br)cc2)o1. The standard InChI is InChI=1S/C22H21BrN2O4S/c23-19-8-6-18(7-9-19)21-11-10-20(29-21)16-24-22(26)12-14-25-30(27,28)15-13-17-4-2-1-3-5-17/h1-11,13,15,25H,12,14,16H2,(H,24,26). The van der Waals surface area contributed by atoms with Crippen molar-refractivity contribution in [2.75, 3.05) is 6.54 Å². The van der Waals surface area contributed by atoms with Gasteiger partial charge in [0, 0.05) is 28.4 Å². The molecule has 0 saturated heterocycles. The topological polar surface area (TPSA) is 88.4 Å². The van der Waals surface area contributed by atoms with E-state index in [1.165, 1.54) is 6.08 Å². The largest absolute Gasteiger partial charge is 0.459 e. The second kappa shape index (κ2) is 10.4. The van der Waals surface area contributed by atoms with Gasteiger partial charge in [-0.2, -0.15) is 0 Å². The zero-order valence-corrected chi connectivity index (χ0v) is 18.4. The first-order chi connectivity index (χ1) is 14.4. The first-order valence-electron chi connectivity index (χ1n) is 9.25. The average molecular weight is 489 g/mol. The first kappa shape index (κ1) is 22.0. The molecular weight excluding hydrogens is 468 g/mol. The minimum atomic E-state index is -3.61. The third kappa shape index (κ3) is 6.98. The van der Waals surface area contributed by atoms with E-state index < -0.39 is 10.0 Å². The summed E-state index contributed by atoms with van der Waals surface area (Å²) < 4.78 is 33.1. The van der Waals surface area contributed by atoms with Crippen LogP contribution in [0, 0.1) is 0 Å². The van der Waals surface area contributed by atoms with Crippen LogP contribution in [0.2, 0.25) is 0 Å². The Morgan fingerprint density at radius 3 is 2.47 bits per heavy atom. The third-order valence-corrected chi connectivity index (χ3v) is 5.77. The number of rotatable bonds is 9. The molecule has 0 aliphatic heterocycles. The number of carbonyl (C=O) groups excluding carboxylic acids is 1. The van der Waals surface area contributed by atoms with Crippen molar-refractivity contribution in [1.29, 1.82) is 0 Å². The number of furan rings is 1. The molecule has 0 unspecified atom stereocenters. The third-order valence-electron chi connectivity index (χ3n) is 4.14. The molecule has 3 rings (SSSR count). The maximum atomic E-state index is 12.0. The van der Waals surface area contributed by atoms with Gasteiger partial charge < -0.3 is 9.73 Å². The molecule has 2 aromatic carbocycles. The first-order valence-corrected chi connectivity index (χ1v) is 11.6. The molecule has 1 amide bonds. The second-order valence-electron chi connectivity index (χ2n) is 6.45. The van der Waals surface area contributed by atoms with Crippen LogP contribution in [0.25, 0.3) is 17.4 Å². The van der Waals surface area contributed by atoms with Gasteiger partial charge in [0.15, 0.2) is 0 Å². The lowest BCUT2D eigenvalue weighted by molar-refractivity contribution is -0.121. The number of amides is 1. The van der Waals surface area contributed by atoms with Gasteiger partial charge in [-0.3, -0.25) is 4.79 Å². The fraction of sp³-hybridized carbons (Fsp3) is 0.136. The van der Waals surface area contributed by atoms with E-state index in [0.717, 1.165) is 21.0 Å². The Bertz CT molecular complexity index is 1110. The fourth-order valence-corrected chi connectivity index (χ4v) is 3.69. The number of sulfonamides is 1. The Balaban J connectivity index is 1.42. The molecule has 0 saturated carbocycles. The van der Waals surface area contributed by atoms with E-state index in [4.69, 9.17) is 4.42 Å². The lowest BCUT2D eigenvalue weighted by Crippen LogP contribution is -2.29. The summed E-state index contributed by atoms with van der Waals surface area (Å²) in [7, 11) is -3.61. The van der Waals surface area contributed by atoms with Gasteiger partial charge in [-0.25, -0.2) is 13.1 Å². The van der Waals surface area contributed by atoms with E-state index >= 15 is 0 Å².